The summed E-state index contributed by atoms with van der Waals surface area (Å²) < 4.78 is 0. The maximum atomic E-state index is 12.4. The van der Waals surface area contributed by atoms with Crippen molar-refractivity contribution in [2.24, 2.45) is 5.41 Å². The molecule has 0 spiro atoms. The number of hydrogen-bond acceptors (Lipinski definition) is 3. The Morgan fingerprint density at radius 1 is 1.44 bits per heavy atom. The Morgan fingerprint density at radius 2 is 1.94 bits per heavy atom. The van der Waals surface area contributed by atoms with Gasteiger partial charge in [0.05, 0.1) is 12.1 Å². The summed E-state index contributed by atoms with van der Waals surface area (Å²) in [7, 11) is 1.78. The van der Waals surface area contributed by atoms with Crippen molar-refractivity contribution in [1.29, 1.82) is 0 Å². The van der Waals surface area contributed by atoms with Crippen LogP contribution in [0.25, 0.3) is 0 Å². The Bertz CT molecular complexity index is 258. The first-order valence-corrected chi connectivity index (χ1v) is 5.93. The molecular weight excluding hydrogens is 204 g/mol. The second-order valence-corrected chi connectivity index (χ2v) is 5.65. The van der Waals surface area contributed by atoms with Gasteiger partial charge in [-0.15, -0.1) is 0 Å². The van der Waals surface area contributed by atoms with E-state index in [0.29, 0.717) is 0 Å². The minimum absolute atomic E-state index is 0.0103. The van der Waals surface area contributed by atoms with Gasteiger partial charge in [0.15, 0.2) is 0 Å². The average Bonchev–Trinajstić information content (AvgIpc) is 2.28. The van der Waals surface area contributed by atoms with Crippen LogP contribution in [-0.4, -0.2) is 48.2 Å². The Labute approximate surface area is 98.0 Å². The standard InChI is InChI=1S/C12H24N2O2/c1-11(2,9-15)14(4)10(16)12(3)5-7-13-8-6-12/h13,15H,5-9H2,1-4H3. The maximum absolute atomic E-state index is 12.4. The van der Waals surface area contributed by atoms with Crippen LogP contribution in [0.15, 0.2) is 0 Å². The van der Waals surface area contributed by atoms with E-state index in [9.17, 15) is 9.90 Å². The minimum atomic E-state index is -0.481. The molecule has 0 radical (unpaired) electrons. The first-order chi connectivity index (χ1) is 7.33. The number of carbonyl (C=O) groups is 1. The third-order valence-electron chi connectivity index (χ3n) is 3.82. The summed E-state index contributed by atoms with van der Waals surface area (Å²) in [6, 6.07) is 0. The van der Waals surface area contributed by atoms with Crippen LogP contribution in [-0.2, 0) is 4.79 Å². The van der Waals surface area contributed by atoms with Crippen LogP contribution in [0.5, 0.6) is 0 Å². The lowest BCUT2D eigenvalue weighted by Gasteiger charge is -2.42. The zero-order chi connectivity index (χ0) is 12.4. The highest BCUT2D eigenvalue weighted by atomic mass is 16.3. The van der Waals surface area contributed by atoms with E-state index in [1.165, 1.54) is 0 Å². The van der Waals surface area contributed by atoms with E-state index in [1.807, 2.05) is 20.8 Å². The van der Waals surface area contributed by atoms with Gasteiger partial charge >= 0.3 is 0 Å². The van der Waals surface area contributed by atoms with Crippen molar-refractivity contribution in [2.75, 3.05) is 26.7 Å². The number of likely N-dealkylation sites (N-methyl/N-ethyl adjacent to an activating group) is 1. The van der Waals surface area contributed by atoms with Gasteiger partial charge in [0.2, 0.25) is 5.91 Å². The fourth-order valence-corrected chi connectivity index (χ4v) is 1.98. The number of aliphatic hydroxyl groups excluding tert-OH is 1. The van der Waals surface area contributed by atoms with Crippen molar-refractivity contribution >= 4 is 5.91 Å². The Kier molecular flexibility index (Phi) is 3.97. The molecule has 0 bridgehead atoms. The van der Waals surface area contributed by atoms with Crippen molar-refractivity contribution in [1.82, 2.24) is 10.2 Å². The first kappa shape index (κ1) is 13.5. The molecule has 94 valence electrons. The fraction of sp³-hybridized carbons (Fsp3) is 0.917. The van der Waals surface area contributed by atoms with Crippen LogP contribution in [0, 0.1) is 5.41 Å². The molecule has 1 heterocycles. The third kappa shape index (κ3) is 2.55. The number of aliphatic hydroxyl groups is 1. The van der Waals surface area contributed by atoms with Gasteiger partial charge in [-0.2, -0.15) is 0 Å². The van der Waals surface area contributed by atoms with Crippen LogP contribution in [0.1, 0.15) is 33.6 Å². The summed E-state index contributed by atoms with van der Waals surface area (Å²) in [5, 5.41) is 12.6. The average molecular weight is 228 g/mol. The van der Waals surface area contributed by atoms with Gasteiger partial charge in [-0.3, -0.25) is 4.79 Å². The van der Waals surface area contributed by atoms with Gasteiger partial charge in [0.1, 0.15) is 0 Å². The molecule has 1 aliphatic heterocycles. The van der Waals surface area contributed by atoms with E-state index < -0.39 is 5.54 Å². The molecule has 0 saturated carbocycles. The molecule has 0 unspecified atom stereocenters. The van der Waals surface area contributed by atoms with Crippen molar-refractivity contribution in [3.8, 4) is 0 Å². The predicted molar refractivity (Wildman–Crippen MR) is 64.1 cm³/mol. The van der Waals surface area contributed by atoms with Crippen molar-refractivity contribution in [3.63, 3.8) is 0 Å². The minimum Gasteiger partial charge on any atom is -0.394 e. The number of nitrogens with one attached hydrogen (secondary N) is 1. The Balaban J connectivity index is 2.76. The number of piperidine rings is 1. The summed E-state index contributed by atoms with van der Waals surface area (Å²) in [4.78, 5) is 14.1. The molecule has 0 aromatic rings. The topological polar surface area (TPSA) is 52.6 Å². The largest absolute Gasteiger partial charge is 0.394 e. The van der Waals surface area contributed by atoms with Gasteiger partial charge in [0, 0.05) is 12.5 Å². The molecule has 0 aliphatic carbocycles. The van der Waals surface area contributed by atoms with Crippen molar-refractivity contribution < 1.29 is 9.90 Å². The van der Waals surface area contributed by atoms with E-state index >= 15 is 0 Å². The van der Waals surface area contributed by atoms with Gasteiger partial charge in [-0.1, -0.05) is 6.92 Å². The molecule has 1 aliphatic rings. The second-order valence-electron chi connectivity index (χ2n) is 5.65. The van der Waals surface area contributed by atoms with Crippen LogP contribution in [0.4, 0.5) is 0 Å². The molecule has 1 amide bonds. The van der Waals surface area contributed by atoms with Crippen LogP contribution >= 0.6 is 0 Å². The van der Waals surface area contributed by atoms with E-state index in [-0.39, 0.29) is 17.9 Å². The lowest BCUT2D eigenvalue weighted by Crippen LogP contribution is -2.54. The Morgan fingerprint density at radius 3 is 2.38 bits per heavy atom. The summed E-state index contributed by atoms with van der Waals surface area (Å²) in [5.41, 5.74) is -0.753. The van der Waals surface area contributed by atoms with Crippen molar-refractivity contribution in [2.45, 2.75) is 39.2 Å². The molecule has 1 rings (SSSR count). The molecule has 0 atom stereocenters. The molecule has 0 aromatic heterocycles. The normalized spacial score (nSPS) is 20.6. The quantitative estimate of drug-likeness (QED) is 0.744. The van der Waals surface area contributed by atoms with Gasteiger partial charge in [0.25, 0.3) is 0 Å². The number of carbonyl (C=O) groups excluding carboxylic acids is 1. The Hall–Kier alpha value is -0.610. The van der Waals surface area contributed by atoms with Gasteiger partial charge in [-0.05, 0) is 39.8 Å². The molecule has 16 heavy (non-hydrogen) atoms. The van der Waals surface area contributed by atoms with Crippen LogP contribution in [0.2, 0.25) is 0 Å². The molecule has 2 N–H and O–H groups in total. The SMILES string of the molecule is CN(C(=O)C1(C)CCNCC1)C(C)(C)CO. The summed E-state index contributed by atoms with van der Waals surface area (Å²) >= 11 is 0. The predicted octanol–water partition coefficient (Wildman–Crippen LogP) is 0.605. The zero-order valence-corrected chi connectivity index (χ0v) is 10.8. The van der Waals surface area contributed by atoms with Gasteiger partial charge < -0.3 is 15.3 Å². The summed E-state index contributed by atoms with van der Waals surface area (Å²) in [5.74, 6) is 0.146. The van der Waals surface area contributed by atoms with E-state index in [4.69, 9.17) is 0 Å². The lowest BCUT2D eigenvalue weighted by atomic mass is 9.79. The van der Waals surface area contributed by atoms with Crippen LogP contribution < -0.4 is 5.32 Å². The lowest BCUT2D eigenvalue weighted by molar-refractivity contribution is -0.147. The maximum Gasteiger partial charge on any atom is 0.228 e. The van der Waals surface area contributed by atoms with E-state index in [1.54, 1.807) is 11.9 Å². The second kappa shape index (κ2) is 4.72. The first-order valence-electron chi connectivity index (χ1n) is 5.93. The number of amides is 1. The number of nitrogens with zero attached hydrogens (tertiary/aromatic N) is 1. The molecule has 4 nitrogen and oxygen atoms in total. The van der Waals surface area contributed by atoms with Gasteiger partial charge in [-0.25, -0.2) is 0 Å². The highest BCUT2D eigenvalue weighted by Crippen LogP contribution is 2.32. The molecule has 1 fully saturated rings. The monoisotopic (exact) mass is 228 g/mol. The molecular formula is C12H24N2O2. The molecule has 1 saturated heterocycles. The molecule has 0 aromatic carbocycles. The van der Waals surface area contributed by atoms with Crippen molar-refractivity contribution in [3.05, 3.63) is 0 Å². The third-order valence-corrected chi connectivity index (χ3v) is 3.82. The highest BCUT2D eigenvalue weighted by molar-refractivity contribution is 5.83. The number of rotatable bonds is 3. The number of hydrogen-bond donors (Lipinski definition) is 2. The smallest absolute Gasteiger partial charge is 0.228 e. The summed E-state index contributed by atoms with van der Waals surface area (Å²) in [6.45, 7) is 7.58. The highest BCUT2D eigenvalue weighted by Gasteiger charge is 2.40. The summed E-state index contributed by atoms with van der Waals surface area (Å²) in [6.07, 6.45) is 1.75. The van der Waals surface area contributed by atoms with Crippen LogP contribution in [0.3, 0.4) is 0 Å². The zero-order valence-electron chi connectivity index (χ0n) is 10.8. The van der Waals surface area contributed by atoms with E-state index in [2.05, 4.69) is 5.32 Å². The molecule has 4 heteroatoms. The fourth-order valence-electron chi connectivity index (χ4n) is 1.98. The van der Waals surface area contributed by atoms with E-state index in [0.717, 1.165) is 25.9 Å².